The van der Waals surface area contributed by atoms with Crippen molar-refractivity contribution in [2.75, 3.05) is 0 Å². The minimum atomic E-state index is -0.619. The van der Waals surface area contributed by atoms with Crippen molar-refractivity contribution in [2.45, 2.75) is 29.8 Å². The van der Waals surface area contributed by atoms with E-state index in [1.54, 1.807) is 36.0 Å². The third-order valence-electron chi connectivity index (χ3n) is 5.47. The molecule has 1 unspecified atom stereocenters. The van der Waals surface area contributed by atoms with Gasteiger partial charge in [0.15, 0.2) is 5.16 Å². The third kappa shape index (κ3) is 5.36. The van der Waals surface area contributed by atoms with Crippen LogP contribution in [0.15, 0.2) is 84.0 Å². The fourth-order valence-corrected chi connectivity index (χ4v) is 5.20. The van der Waals surface area contributed by atoms with Gasteiger partial charge in [0, 0.05) is 12.3 Å². The standard InChI is InChI=1S/C25H19Cl4FN2S/c1-25(17-7-9-20(27)22(29)13-17)10-2-4-18(30)5-3-11-32-23(25)14-31-24(32)33-15-16-6-8-19(26)21(28)12-16/h2-10,12-14H,11,15H2,1H3. The van der Waals surface area contributed by atoms with E-state index in [9.17, 15) is 4.39 Å². The Morgan fingerprint density at radius 3 is 2.48 bits per heavy atom. The Labute approximate surface area is 216 Å². The van der Waals surface area contributed by atoms with E-state index in [0.29, 0.717) is 32.4 Å². The van der Waals surface area contributed by atoms with Crippen LogP contribution in [0.2, 0.25) is 20.1 Å². The van der Waals surface area contributed by atoms with Gasteiger partial charge < -0.3 is 4.57 Å². The summed E-state index contributed by atoms with van der Waals surface area (Å²) < 4.78 is 16.3. The van der Waals surface area contributed by atoms with E-state index in [0.717, 1.165) is 22.0 Å². The number of fused-ring (bicyclic) bond motifs is 1. The molecule has 1 aliphatic heterocycles. The van der Waals surface area contributed by atoms with Gasteiger partial charge in [0.1, 0.15) is 5.83 Å². The summed E-state index contributed by atoms with van der Waals surface area (Å²) in [6.45, 7) is 2.52. The Kier molecular flexibility index (Phi) is 7.62. The maximum absolute atomic E-state index is 14.2. The van der Waals surface area contributed by atoms with Gasteiger partial charge in [-0.15, -0.1) is 0 Å². The van der Waals surface area contributed by atoms with Gasteiger partial charge in [0.25, 0.3) is 0 Å². The van der Waals surface area contributed by atoms with Crippen molar-refractivity contribution in [3.05, 3.63) is 116 Å². The summed E-state index contributed by atoms with van der Waals surface area (Å²) in [6.07, 6.45) is 10.2. The zero-order valence-electron chi connectivity index (χ0n) is 17.5. The first-order valence-electron chi connectivity index (χ1n) is 10.1. The first-order valence-corrected chi connectivity index (χ1v) is 12.6. The van der Waals surface area contributed by atoms with Crippen LogP contribution in [0.4, 0.5) is 4.39 Å². The molecule has 0 N–H and O–H groups in total. The zero-order chi connectivity index (χ0) is 23.6. The third-order valence-corrected chi connectivity index (χ3v) is 8.01. The van der Waals surface area contributed by atoms with Gasteiger partial charge in [-0.25, -0.2) is 9.37 Å². The average Bonchev–Trinajstić information content (AvgIpc) is 3.19. The predicted octanol–water partition coefficient (Wildman–Crippen LogP) is 9.07. The Morgan fingerprint density at radius 1 is 1.03 bits per heavy atom. The first-order chi connectivity index (χ1) is 15.8. The molecule has 3 aromatic rings. The summed E-state index contributed by atoms with van der Waals surface area (Å²) in [5.41, 5.74) is 2.29. The van der Waals surface area contributed by atoms with E-state index in [4.69, 9.17) is 51.4 Å². The number of thioether (sulfide) groups is 1. The number of aromatic nitrogens is 2. The Hall–Kier alpha value is -1.69. The number of hydrogen-bond acceptors (Lipinski definition) is 2. The highest BCUT2D eigenvalue weighted by Crippen LogP contribution is 2.39. The SMILES string of the molecule is CC1(c2ccc(Cl)c(Cl)c2)C=CC=C(F)C=CCn2c1cnc2SCc1ccc(Cl)c(Cl)c1. The summed E-state index contributed by atoms with van der Waals surface area (Å²) in [5, 5.41) is 2.79. The summed E-state index contributed by atoms with van der Waals surface area (Å²) in [5.74, 6) is 0.335. The van der Waals surface area contributed by atoms with Gasteiger partial charge in [-0.05, 0) is 54.5 Å². The molecular formula is C25H19Cl4FN2S. The van der Waals surface area contributed by atoms with Crippen molar-refractivity contribution in [3.8, 4) is 0 Å². The summed E-state index contributed by atoms with van der Waals surface area (Å²) in [6, 6.07) is 11.1. The summed E-state index contributed by atoms with van der Waals surface area (Å²) in [7, 11) is 0. The van der Waals surface area contributed by atoms with E-state index in [-0.39, 0.29) is 5.83 Å². The predicted molar refractivity (Wildman–Crippen MR) is 139 cm³/mol. The molecule has 1 aromatic heterocycles. The van der Waals surface area contributed by atoms with Crippen molar-refractivity contribution < 1.29 is 4.39 Å². The molecule has 0 saturated heterocycles. The Bertz CT molecular complexity index is 1280. The van der Waals surface area contributed by atoms with Gasteiger partial charge in [-0.1, -0.05) is 88.5 Å². The van der Waals surface area contributed by atoms with Crippen LogP contribution in [-0.2, 0) is 17.7 Å². The first kappa shape index (κ1) is 24.4. The van der Waals surface area contributed by atoms with Gasteiger partial charge >= 0.3 is 0 Å². The fourth-order valence-electron chi connectivity index (χ4n) is 3.65. The monoisotopic (exact) mass is 538 g/mol. The second-order valence-corrected chi connectivity index (χ2v) is 10.3. The van der Waals surface area contributed by atoms with Crippen LogP contribution < -0.4 is 0 Å². The molecule has 0 radical (unpaired) electrons. The number of halogens is 5. The van der Waals surface area contributed by atoms with Crippen LogP contribution in [0, 0.1) is 0 Å². The van der Waals surface area contributed by atoms with Gasteiger partial charge in [0.2, 0.25) is 0 Å². The highest BCUT2D eigenvalue weighted by Gasteiger charge is 2.31. The molecule has 2 heterocycles. The van der Waals surface area contributed by atoms with Crippen LogP contribution in [0.1, 0.15) is 23.7 Å². The molecule has 2 nitrogen and oxygen atoms in total. The Morgan fingerprint density at radius 2 is 1.76 bits per heavy atom. The molecule has 8 heteroatoms. The molecular weight excluding hydrogens is 521 g/mol. The number of nitrogens with zero attached hydrogens (tertiary/aromatic N) is 2. The largest absolute Gasteiger partial charge is 0.318 e. The lowest BCUT2D eigenvalue weighted by Gasteiger charge is -2.29. The molecule has 2 aromatic carbocycles. The zero-order valence-corrected chi connectivity index (χ0v) is 21.4. The molecule has 1 aliphatic rings. The van der Waals surface area contributed by atoms with Crippen molar-refractivity contribution in [2.24, 2.45) is 0 Å². The normalized spacial score (nSPS) is 18.2. The van der Waals surface area contributed by atoms with E-state index in [2.05, 4.69) is 11.5 Å². The summed E-state index contributed by atoms with van der Waals surface area (Å²) >= 11 is 26.3. The van der Waals surface area contributed by atoms with Crippen LogP contribution in [-0.4, -0.2) is 9.55 Å². The molecule has 0 aliphatic carbocycles. The number of rotatable bonds is 4. The topological polar surface area (TPSA) is 17.8 Å². The van der Waals surface area contributed by atoms with Crippen LogP contribution in [0.25, 0.3) is 0 Å². The van der Waals surface area contributed by atoms with Crippen molar-refractivity contribution in [3.63, 3.8) is 0 Å². The molecule has 4 rings (SSSR count). The molecule has 0 spiro atoms. The smallest absolute Gasteiger partial charge is 0.168 e. The van der Waals surface area contributed by atoms with Crippen molar-refractivity contribution >= 4 is 58.2 Å². The van der Waals surface area contributed by atoms with Crippen molar-refractivity contribution in [1.82, 2.24) is 9.55 Å². The molecule has 1 atom stereocenters. The molecule has 170 valence electrons. The number of hydrogen-bond donors (Lipinski definition) is 0. The van der Waals surface area contributed by atoms with Crippen molar-refractivity contribution in [1.29, 1.82) is 0 Å². The Balaban J connectivity index is 1.76. The maximum atomic E-state index is 14.2. The fraction of sp³-hybridized carbons (Fsp3) is 0.160. The molecule has 0 bridgehead atoms. The molecule has 0 saturated carbocycles. The van der Waals surface area contributed by atoms with Crippen LogP contribution >= 0.6 is 58.2 Å². The number of imidazole rings is 1. The average molecular weight is 540 g/mol. The van der Waals surface area contributed by atoms with Gasteiger partial charge in [-0.2, -0.15) is 0 Å². The highest BCUT2D eigenvalue weighted by atomic mass is 35.5. The lowest BCUT2D eigenvalue weighted by atomic mass is 9.79. The molecule has 33 heavy (non-hydrogen) atoms. The quantitative estimate of drug-likeness (QED) is 0.307. The van der Waals surface area contributed by atoms with E-state index in [1.165, 1.54) is 12.2 Å². The van der Waals surface area contributed by atoms with E-state index in [1.807, 2.05) is 36.5 Å². The lowest BCUT2D eigenvalue weighted by molar-refractivity contribution is 0.594. The lowest BCUT2D eigenvalue weighted by Crippen LogP contribution is -2.25. The number of benzene rings is 2. The second kappa shape index (κ2) is 10.3. The molecule has 0 fully saturated rings. The summed E-state index contributed by atoms with van der Waals surface area (Å²) in [4.78, 5) is 4.71. The highest BCUT2D eigenvalue weighted by molar-refractivity contribution is 7.98. The van der Waals surface area contributed by atoms with Crippen LogP contribution in [0.3, 0.4) is 0 Å². The van der Waals surface area contributed by atoms with Gasteiger partial charge in [0.05, 0.1) is 37.4 Å². The molecule has 0 amide bonds. The second-order valence-electron chi connectivity index (χ2n) is 7.72. The van der Waals surface area contributed by atoms with Crippen LogP contribution in [0.5, 0.6) is 0 Å². The minimum absolute atomic E-state index is 0.323. The maximum Gasteiger partial charge on any atom is 0.168 e. The van der Waals surface area contributed by atoms with E-state index >= 15 is 0 Å². The number of allylic oxidation sites excluding steroid dienone is 6. The van der Waals surface area contributed by atoms with E-state index < -0.39 is 5.41 Å². The minimum Gasteiger partial charge on any atom is -0.318 e. The van der Waals surface area contributed by atoms with Gasteiger partial charge in [-0.3, -0.25) is 0 Å².